The second-order valence-electron chi connectivity index (χ2n) is 4.67. The molecule has 8 heteroatoms. The molecule has 2 aromatic carbocycles. The predicted molar refractivity (Wildman–Crippen MR) is 83.4 cm³/mol. The summed E-state index contributed by atoms with van der Waals surface area (Å²) >= 11 is 0. The van der Waals surface area contributed by atoms with Crippen molar-refractivity contribution in [3.05, 3.63) is 35.4 Å². The average Bonchev–Trinajstić information content (AvgIpc) is 2.35. The van der Waals surface area contributed by atoms with Crippen molar-refractivity contribution in [2.45, 2.75) is 0 Å². The van der Waals surface area contributed by atoms with Gasteiger partial charge >= 0.3 is 11.9 Å². The van der Waals surface area contributed by atoms with Gasteiger partial charge < -0.3 is 33.1 Å². The Labute approximate surface area is 124 Å². The Morgan fingerprint density at radius 1 is 0.636 bits per heavy atom. The lowest BCUT2D eigenvalue weighted by Gasteiger charge is -2.12. The van der Waals surface area contributed by atoms with Crippen LogP contribution in [0.2, 0.25) is 0 Å². The summed E-state index contributed by atoms with van der Waals surface area (Å²) in [4.78, 5) is 22.1. The Kier molecular flexibility index (Phi) is 3.52. The van der Waals surface area contributed by atoms with Crippen molar-refractivity contribution in [1.82, 2.24) is 0 Å². The molecule has 0 aliphatic rings. The number of nitrogen functional groups attached to an aromatic ring is 4. The zero-order chi connectivity index (χ0) is 16.6. The van der Waals surface area contributed by atoms with Crippen molar-refractivity contribution in [1.29, 1.82) is 0 Å². The Morgan fingerprint density at radius 2 is 0.864 bits per heavy atom. The number of hydrogen-bond acceptors (Lipinski definition) is 6. The number of nitrogens with two attached hydrogens (primary N) is 4. The summed E-state index contributed by atoms with van der Waals surface area (Å²) in [5.41, 5.74) is 23.3. The van der Waals surface area contributed by atoms with Crippen molar-refractivity contribution in [2.75, 3.05) is 22.9 Å². The molecule has 0 fully saturated rings. The molecule has 0 radical (unpaired) electrons. The second-order valence-corrected chi connectivity index (χ2v) is 4.67. The van der Waals surface area contributed by atoms with Crippen molar-refractivity contribution in [2.24, 2.45) is 0 Å². The van der Waals surface area contributed by atoms with E-state index in [-0.39, 0.29) is 33.9 Å². The SMILES string of the molecule is Nc1cc(-c2cc(N)c(C(=O)O)c(N)c2)cc(N)c1C(=O)O. The minimum absolute atomic E-state index is 0.0121. The first kappa shape index (κ1) is 15.0. The van der Waals surface area contributed by atoms with E-state index in [4.69, 9.17) is 33.1 Å². The molecule has 0 amide bonds. The fourth-order valence-electron chi connectivity index (χ4n) is 2.20. The third-order valence-electron chi connectivity index (χ3n) is 3.16. The summed E-state index contributed by atoms with van der Waals surface area (Å²) in [5, 5.41) is 18.1. The highest BCUT2D eigenvalue weighted by Gasteiger charge is 2.17. The first-order valence-corrected chi connectivity index (χ1v) is 6.07. The molecule has 0 saturated heterocycles. The summed E-state index contributed by atoms with van der Waals surface area (Å²) in [6, 6.07) is 5.64. The molecule has 0 heterocycles. The van der Waals surface area contributed by atoms with Gasteiger partial charge in [0.2, 0.25) is 0 Å². The van der Waals surface area contributed by atoms with E-state index in [1.165, 1.54) is 24.3 Å². The average molecular weight is 302 g/mol. The number of benzene rings is 2. The predicted octanol–water partition coefficient (Wildman–Crippen LogP) is 1.08. The summed E-state index contributed by atoms with van der Waals surface area (Å²) in [6.07, 6.45) is 0. The molecule has 22 heavy (non-hydrogen) atoms. The molecule has 0 unspecified atom stereocenters. The first-order chi connectivity index (χ1) is 10.2. The van der Waals surface area contributed by atoms with Gasteiger partial charge in [0.05, 0.1) is 0 Å². The minimum Gasteiger partial charge on any atom is -0.478 e. The monoisotopic (exact) mass is 302 g/mol. The molecule has 0 atom stereocenters. The van der Waals surface area contributed by atoms with E-state index in [1.807, 2.05) is 0 Å². The van der Waals surface area contributed by atoms with E-state index in [1.54, 1.807) is 0 Å². The topological polar surface area (TPSA) is 179 Å². The standard InChI is InChI=1S/C14H14N4O4/c15-7-1-5(2-8(16)11(7)13(19)20)6-3-9(17)12(14(21)22)10(18)4-6/h1-4H,15-18H2,(H,19,20)(H,21,22). The van der Waals surface area contributed by atoms with Gasteiger partial charge in [-0.3, -0.25) is 0 Å². The van der Waals surface area contributed by atoms with Gasteiger partial charge in [0, 0.05) is 22.7 Å². The summed E-state index contributed by atoms with van der Waals surface area (Å²) < 4.78 is 0. The number of rotatable bonds is 3. The zero-order valence-corrected chi connectivity index (χ0v) is 11.3. The van der Waals surface area contributed by atoms with Gasteiger partial charge in [0.1, 0.15) is 11.1 Å². The van der Waals surface area contributed by atoms with Crippen LogP contribution in [0.1, 0.15) is 20.7 Å². The molecule has 0 saturated carbocycles. The molecule has 0 spiro atoms. The lowest BCUT2D eigenvalue weighted by Crippen LogP contribution is -2.08. The number of carboxylic acids is 2. The van der Waals surface area contributed by atoms with E-state index in [0.717, 1.165) is 0 Å². The second kappa shape index (κ2) is 5.17. The fourth-order valence-corrected chi connectivity index (χ4v) is 2.20. The third-order valence-corrected chi connectivity index (χ3v) is 3.16. The Balaban J connectivity index is 2.63. The Hall–Kier alpha value is -3.42. The maximum absolute atomic E-state index is 11.1. The van der Waals surface area contributed by atoms with Crippen molar-refractivity contribution in [3.8, 4) is 11.1 Å². The van der Waals surface area contributed by atoms with Crippen molar-refractivity contribution >= 4 is 34.7 Å². The lowest BCUT2D eigenvalue weighted by atomic mass is 9.98. The van der Waals surface area contributed by atoms with E-state index in [9.17, 15) is 9.59 Å². The normalized spacial score (nSPS) is 10.4. The maximum Gasteiger partial charge on any atom is 0.339 e. The van der Waals surface area contributed by atoms with Crippen LogP contribution in [0.25, 0.3) is 11.1 Å². The number of hydrogen-bond donors (Lipinski definition) is 6. The number of carboxylic acid groups (broad SMARTS) is 2. The molecule has 10 N–H and O–H groups in total. The third kappa shape index (κ3) is 2.44. The number of aromatic carboxylic acids is 2. The lowest BCUT2D eigenvalue weighted by molar-refractivity contribution is 0.0688. The van der Waals surface area contributed by atoms with E-state index < -0.39 is 11.9 Å². The molecular formula is C14H14N4O4. The van der Waals surface area contributed by atoms with E-state index >= 15 is 0 Å². The number of anilines is 4. The van der Waals surface area contributed by atoms with Crippen LogP contribution in [0.4, 0.5) is 22.7 Å². The van der Waals surface area contributed by atoms with Gasteiger partial charge in [0.15, 0.2) is 0 Å². The van der Waals surface area contributed by atoms with E-state index in [2.05, 4.69) is 0 Å². The Morgan fingerprint density at radius 3 is 1.05 bits per heavy atom. The van der Waals surface area contributed by atoms with Crippen LogP contribution in [0.15, 0.2) is 24.3 Å². The minimum atomic E-state index is -1.23. The van der Waals surface area contributed by atoms with Gasteiger partial charge in [0.25, 0.3) is 0 Å². The summed E-state index contributed by atoms with van der Waals surface area (Å²) in [5.74, 6) is -2.47. The van der Waals surface area contributed by atoms with Crippen LogP contribution in [-0.2, 0) is 0 Å². The molecule has 0 aromatic heterocycles. The summed E-state index contributed by atoms with van der Waals surface area (Å²) in [6.45, 7) is 0. The highest BCUT2D eigenvalue weighted by Crippen LogP contribution is 2.33. The smallest absolute Gasteiger partial charge is 0.339 e. The highest BCUT2D eigenvalue weighted by atomic mass is 16.4. The first-order valence-electron chi connectivity index (χ1n) is 6.07. The maximum atomic E-state index is 11.1. The molecule has 2 rings (SSSR count). The van der Waals surface area contributed by atoms with Crippen LogP contribution >= 0.6 is 0 Å². The van der Waals surface area contributed by atoms with Crippen LogP contribution in [-0.4, -0.2) is 22.2 Å². The van der Waals surface area contributed by atoms with Crippen LogP contribution in [0, 0.1) is 0 Å². The van der Waals surface area contributed by atoms with Gasteiger partial charge in [-0.05, 0) is 35.4 Å². The van der Waals surface area contributed by atoms with Gasteiger partial charge in [-0.15, -0.1) is 0 Å². The molecule has 0 aliphatic heterocycles. The quantitative estimate of drug-likeness (QED) is 0.455. The highest BCUT2D eigenvalue weighted by molar-refractivity contribution is 6.03. The molecule has 114 valence electrons. The molecule has 0 bridgehead atoms. The van der Waals surface area contributed by atoms with Crippen molar-refractivity contribution < 1.29 is 19.8 Å². The van der Waals surface area contributed by atoms with Crippen LogP contribution in [0.5, 0.6) is 0 Å². The van der Waals surface area contributed by atoms with Gasteiger partial charge in [-0.1, -0.05) is 0 Å². The van der Waals surface area contributed by atoms with Crippen LogP contribution in [0.3, 0.4) is 0 Å². The largest absolute Gasteiger partial charge is 0.478 e. The zero-order valence-electron chi connectivity index (χ0n) is 11.3. The summed E-state index contributed by atoms with van der Waals surface area (Å²) in [7, 11) is 0. The number of carbonyl (C=O) groups is 2. The van der Waals surface area contributed by atoms with E-state index in [0.29, 0.717) is 11.1 Å². The molecule has 8 nitrogen and oxygen atoms in total. The molecule has 0 aliphatic carbocycles. The van der Waals surface area contributed by atoms with Crippen molar-refractivity contribution in [3.63, 3.8) is 0 Å². The van der Waals surface area contributed by atoms with Crippen LogP contribution < -0.4 is 22.9 Å². The molecule has 2 aromatic rings. The van der Waals surface area contributed by atoms with Gasteiger partial charge in [-0.25, -0.2) is 9.59 Å². The fraction of sp³-hybridized carbons (Fsp3) is 0. The molecular weight excluding hydrogens is 288 g/mol. The Bertz CT molecular complexity index is 688. The van der Waals surface area contributed by atoms with Gasteiger partial charge in [-0.2, -0.15) is 0 Å².